The van der Waals surface area contributed by atoms with Crippen LogP contribution in [0.4, 0.5) is 10.5 Å². The predicted octanol–water partition coefficient (Wildman–Crippen LogP) is 6.13. The molecule has 4 rings (SSSR count). The highest BCUT2D eigenvalue weighted by Gasteiger charge is 2.23. The Bertz CT molecular complexity index is 1420. The van der Waals surface area contributed by atoms with Gasteiger partial charge in [0.25, 0.3) is 0 Å². The zero-order chi connectivity index (χ0) is 26.6. The molecule has 3 aromatic carbocycles. The van der Waals surface area contributed by atoms with Crippen LogP contribution in [0.3, 0.4) is 0 Å². The van der Waals surface area contributed by atoms with Crippen LogP contribution in [-0.2, 0) is 22.5 Å². The number of carbonyl (C=O) groups excluding carboxylic acids is 2. The summed E-state index contributed by atoms with van der Waals surface area (Å²) in [5.74, 6) is -0.00208. The molecule has 0 aliphatic heterocycles. The first-order valence-corrected chi connectivity index (χ1v) is 12.4. The molecule has 0 radical (unpaired) electrons. The molecule has 1 aromatic heterocycles. The number of nitrogens with zero attached hydrogens (tertiary/aromatic N) is 1. The first-order chi connectivity index (χ1) is 17.7. The van der Waals surface area contributed by atoms with Crippen LogP contribution in [0, 0.1) is 0 Å². The van der Waals surface area contributed by atoms with Gasteiger partial charge in [-0.25, -0.2) is 9.59 Å². The molecule has 3 N–H and O–H groups in total. The van der Waals surface area contributed by atoms with Crippen molar-refractivity contribution in [2.24, 2.45) is 5.73 Å². The molecule has 0 unspecified atom stereocenters. The number of aromatic nitrogens is 1. The van der Waals surface area contributed by atoms with Gasteiger partial charge >= 0.3 is 12.0 Å². The van der Waals surface area contributed by atoms with Crippen LogP contribution >= 0.6 is 0 Å². The lowest BCUT2D eigenvalue weighted by atomic mass is 9.99. The van der Waals surface area contributed by atoms with Gasteiger partial charge in [-0.2, -0.15) is 0 Å². The third kappa shape index (κ3) is 5.94. The highest BCUT2D eigenvalue weighted by atomic mass is 16.6. The van der Waals surface area contributed by atoms with E-state index in [0.717, 1.165) is 27.9 Å². The molecule has 7 heteroatoms. The molecule has 4 aromatic rings. The number of rotatable bonds is 8. The molecular formula is C30H33N3O4. The summed E-state index contributed by atoms with van der Waals surface area (Å²) in [4.78, 5) is 24.3. The lowest BCUT2D eigenvalue weighted by Gasteiger charge is -2.19. The summed E-state index contributed by atoms with van der Waals surface area (Å²) in [5.41, 5.74) is 10.7. The number of nitrogens with one attached hydrogen (secondary N) is 1. The van der Waals surface area contributed by atoms with E-state index in [9.17, 15) is 9.59 Å². The van der Waals surface area contributed by atoms with Crippen LogP contribution in [0.15, 0.2) is 72.8 Å². The smallest absolute Gasteiger partial charge is 0.344 e. The Morgan fingerprint density at radius 3 is 2.32 bits per heavy atom. The summed E-state index contributed by atoms with van der Waals surface area (Å²) in [6, 6.07) is 23.5. The standard InChI is InChI=1S/C30H33N3O4/c1-5-23-28(32-29(31)35)27-24(16-11-17-25(27)36-19-26(34)37-30(2,3)4)33(23)18-21-14-9-10-15-22(21)20-12-7-6-8-13-20/h6-17H,5,18-19H2,1-4H3,(H3,31,32,35). The Balaban J connectivity index is 1.80. The molecule has 0 atom stereocenters. The van der Waals surface area contributed by atoms with Crippen LogP contribution in [0.25, 0.3) is 22.0 Å². The van der Waals surface area contributed by atoms with Crippen molar-refractivity contribution in [3.8, 4) is 16.9 Å². The topological polar surface area (TPSA) is 95.6 Å². The van der Waals surface area contributed by atoms with E-state index in [0.29, 0.717) is 29.8 Å². The van der Waals surface area contributed by atoms with Crippen LogP contribution in [0.1, 0.15) is 39.0 Å². The molecule has 0 aliphatic carbocycles. The van der Waals surface area contributed by atoms with Gasteiger partial charge in [-0.3, -0.25) is 0 Å². The predicted molar refractivity (Wildman–Crippen MR) is 147 cm³/mol. The Hall–Kier alpha value is -4.26. The highest BCUT2D eigenvalue weighted by Crippen LogP contribution is 2.39. The lowest BCUT2D eigenvalue weighted by molar-refractivity contribution is -0.157. The molecule has 2 amide bonds. The zero-order valence-corrected chi connectivity index (χ0v) is 21.7. The monoisotopic (exact) mass is 499 g/mol. The number of hydrogen-bond donors (Lipinski definition) is 2. The fraction of sp³-hybridized carbons (Fsp3) is 0.267. The van der Waals surface area contributed by atoms with Crippen molar-refractivity contribution in [1.29, 1.82) is 0 Å². The van der Waals surface area contributed by atoms with Crippen LogP contribution in [-0.4, -0.2) is 28.8 Å². The second-order valence-corrected chi connectivity index (χ2v) is 9.80. The summed E-state index contributed by atoms with van der Waals surface area (Å²) < 4.78 is 13.5. The van der Waals surface area contributed by atoms with E-state index in [4.69, 9.17) is 15.2 Å². The summed E-state index contributed by atoms with van der Waals surface area (Å²) in [6.45, 7) is 7.77. The van der Waals surface area contributed by atoms with Crippen molar-refractivity contribution in [1.82, 2.24) is 4.57 Å². The Labute approximate surface area is 217 Å². The van der Waals surface area contributed by atoms with E-state index in [1.54, 1.807) is 26.8 Å². The number of hydrogen-bond acceptors (Lipinski definition) is 4. The quantitative estimate of drug-likeness (QED) is 0.285. The maximum absolute atomic E-state index is 12.3. The summed E-state index contributed by atoms with van der Waals surface area (Å²) >= 11 is 0. The van der Waals surface area contributed by atoms with Crippen LogP contribution in [0.2, 0.25) is 0 Å². The fourth-order valence-electron chi connectivity index (χ4n) is 4.58. The minimum Gasteiger partial charge on any atom is -0.481 e. The molecule has 7 nitrogen and oxygen atoms in total. The van der Waals surface area contributed by atoms with Crippen molar-refractivity contribution in [2.75, 3.05) is 11.9 Å². The van der Waals surface area contributed by atoms with Crippen molar-refractivity contribution in [2.45, 2.75) is 46.3 Å². The summed E-state index contributed by atoms with van der Waals surface area (Å²) in [7, 11) is 0. The van der Waals surface area contributed by atoms with E-state index in [-0.39, 0.29) is 6.61 Å². The molecule has 0 saturated carbocycles. The van der Waals surface area contributed by atoms with Crippen LogP contribution < -0.4 is 15.8 Å². The second-order valence-electron chi connectivity index (χ2n) is 9.80. The highest BCUT2D eigenvalue weighted by molar-refractivity contribution is 6.06. The number of urea groups is 1. The van der Waals surface area contributed by atoms with Crippen molar-refractivity contribution < 1.29 is 19.1 Å². The van der Waals surface area contributed by atoms with E-state index >= 15 is 0 Å². The second kappa shape index (κ2) is 10.8. The van der Waals surface area contributed by atoms with Crippen molar-refractivity contribution in [3.05, 3.63) is 84.1 Å². The van der Waals surface area contributed by atoms with Crippen molar-refractivity contribution >= 4 is 28.6 Å². The van der Waals surface area contributed by atoms with Gasteiger partial charge in [0.2, 0.25) is 0 Å². The number of amides is 2. The SMILES string of the molecule is CCc1c(NC(N)=O)c2c(OCC(=O)OC(C)(C)C)cccc2n1Cc1ccccc1-c1ccccc1. The zero-order valence-electron chi connectivity index (χ0n) is 21.7. The normalized spacial score (nSPS) is 11.4. The Morgan fingerprint density at radius 1 is 0.946 bits per heavy atom. The van der Waals surface area contributed by atoms with Gasteiger partial charge < -0.3 is 25.1 Å². The van der Waals surface area contributed by atoms with Gasteiger partial charge in [-0.1, -0.05) is 67.6 Å². The number of primary amides is 1. The molecule has 0 saturated heterocycles. The first-order valence-electron chi connectivity index (χ1n) is 12.4. The largest absolute Gasteiger partial charge is 0.481 e. The summed E-state index contributed by atoms with van der Waals surface area (Å²) in [6.07, 6.45) is 0.642. The average Bonchev–Trinajstić information content (AvgIpc) is 3.14. The first kappa shape index (κ1) is 25.8. The number of carbonyl (C=O) groups is 2. The number of anilines is 1. The molecule has 0 bridgehead atoms. The van der Waals surface area contributed by atoms with Gasteiger partial charge in [-0.15, -0.1) is 0 Å². The number of ether oxygens (including phenoxy) is 2. The Morgan fingerprint density at radius 2 is 1.65 bits per heavy atom. The summed E-state index contributed by atoms with van der Waals surface area (Å²) in [5, 5.41) is 3.50. The van der Waals surface area contributed by atoms with Crippen LogP contribution in [0.5, 0.6) is 5.75 Å². The third-order valence-corrected chi connectivity index (χ3v) is 5.94. The molecule has 1 heterocycles. The number of benzene rings is 3. The Kier molecular flexibility index (Phi) is 7.53. The molecule has 192 valence electrons. The van der Waals surface area contributed by atoms with Gasteiger partial charge in [-0.05, 0) is 56.0 Å². The maximum Gasteiger partial charge on any atom is 0.344 e. The molecular weight excluding hydrogens is 466 g/mol. The van der Waals surface area contributed by atoms with E-state index < -0.39 is 17.6 Å². The molecule has 0 spiro atoms. The van der Waals surface area contributed by atoms with Gasteiger partial charge in [0.1, 0.15) is 11.4 Å². The molecule has 37 heavy (non-hydrogen) atoms. The van der Waals surface area contributed by atoms with E-state index in [1.807, 2.05) is 49.4 Å². The van der Waals surface area contributed by atoms with E-state index in [2.05, 4.69) is 34.1 Å². The van der Waals surface area contributed by atoms with Gasteiger partial charge in [0.15, 0.2) is 6.61 Å². The average molecular weight is 500 g/mol. The number of esters is 1. The molecule has 0 fully saturated rings. The molecule has 0 aliphatic rings. The van der Waals surface area contributed by atoms with E-state index in [1.165, 1.54) is 0 Å². The van der Waals surface area contributed by atoms with Crippen molar-refractivity contribution in [3.63, 3.8) is 0 Å². The van der Waals surface area contributed by atoms with Gasteiger partial charge in [0, 0.05) is 12.2 Å². The minimum absolute atomic E-state index is 0.254. The number of fused-ring (bicyclic) bond motifs is 1. The number of nitrogens with two attached hydrogens (primary N) is 1. The third-order valence-electron chi connectivity index (χ3n) is 5.94. The minimum atomic E-state index is -0.666. The lowest BCUT2D eigenvalue weighted by Crippen LogP contribution is -2.27. The van der Waals surface area contributed by atoms with Gasteiger partial charge in [0.05, 0.1) is 16.6 Å². The fourth-order valence-corrected chi connectivity index (χ4v) is 4.58. The maximum atomic E-state index is 12.3.